The van der Waals surface area contributed by atoms with E-state index in [9.17, 15) is 0 Å². The summed E-state index contributed by atoms with van der Waals surface area (Å²) in [6.45, 7) is 22.5. The average Bonchev–Trinajstić information content (AvgIpc) is 2.55. The Kier molecular flexibility index (Phi) is 12.4. The van der Waals surface area contributed by atoms with Crippen LogP contribution in [0.2, 0.25) is 16.6 Å². The third-order valence-electron chi connectivity index (χ3n) is 5.43. The Hall–Kier alpha value is -0.603. The van der Waals surface area contributed by atoms with Crippen LogP contribution in [0.1, 0.15) is 87.5 Å². The average molecular weight is 365 g/mol. The Balaban J connectivity index is 5.45. The van der Waals surface area contributed by atoms with Crippen molar-refractivity contribution in [2.24, 2.45) is 0 Å². The van der Waals surface area contributed by atoms with Gasteiger partial charge in [0.2, 0.25) is 8.32 Å². The third-order valence-corrected chi connectivity index (χ3v) is 11.6. The van der Waals surface area contributed by atoms with Crippen molar-refractivity contribution in [2.45, 2.75) is 110 Å². The lowest BCUT2D eigenvalue weighted by atomic mass is 10.1. The summed E-state index contributed by atoms with van der Waals surface area (Å²) in [4.78, 5) is 0. The van der Waals surface area contributed by atoms with Crippen molar-refractivity contribution in [3.63, 3.8) is 0 Å². The lowest BCUT2D eigenvalue weighted by Gasteiger charge is -2.44. The van der Waals surface area contributed by atoms with E-state index in [1.54, 1.807) is 0 Å². The Bertz CT molecular complexity index is 396. The molecular formula is C23H44OSi. The fourth-order valence-corrected chi connectivity index (χ4v) is 9.62. The molecule has 0 aromatic heterocycles. The van der Waals surface area contributed by atoms with Gasteiger partial charge in [-0.2, -0.15) is 0 Å². The summed E-state index contributed by atoms with van der Waals surface area (Å²) >= 11 is 0. The van der Waals surface area contributed by atoms with E-state index in [4.69, 9.17) is 4.43 Å². The maximum absolute atomic E-state index is 7.00. The van der Waals surface area contributed by atoms with Crippen LogP contribution < -0.4 is 0 Å². The SMILES string of the molecule is C=CCCC(/C=C\C(=C\C)CCCC)O[Si](C(C)C)(C(C)C)C(C)C. The number of hydrogen-bond donors (Lipinski definition) is 0. The van der Waals surface area contributed by atoms with Crippen molar-refractivity contribution in [1.29, 1.82) is 0 Å². The van der Waals surface area contributed by atoms with E-state index in [1.807, 2.05) is 6.08 Å². The van der Waals surface area contributed by atoms with Gasteiger partial charge in [-0.15, -0.1) is 6.58 Å². The molecule has 25 heavy (non-hydrogen) atoms. The minimum Gasteiger partial charge on any atom is -0.410 e. The van der Waals surface area contributed by atoms with Gasteiger partial charge in [-0.1, -0.05) is 84.8 Å². The molecule has 0 aliphatic rings. The van der Waals surface area contributed by atoms with Crippen molar-refractivity contribution >= 4 is 8.32 Å². The quantitative estimate of drug-likeness (QED) is 0.182. The Labute approximate surface area is 159 Å². The molecule has 0 amide bonds. The molecule has 1 nitrogen and oxygen atoms in total. The van der Waals surface area contributed by atoms with Gasteiger partial charge < -0.3 is 4.43 Å². The minimum absolute atomic E-state index is 0.202. The Morgan fingerprint density at radius 3 is 2.00 bits per heavy atom. The topological polar surface area (TPSA) is 9.23 Å². The van der Waals surface area contributed by atoms with E-state index in [0.717, 1.165) is 12.8 Å². The second-order valence-electron chi connectivity index (χ2n) is 8.17. The molecule has 2 heteroatoms. The summed E-state index contributed by atoms with van der Waals surface area (Å²) in [5.41, 5.74) is 3.29. The van der Waals surface area contributed by atoms with Crippen LogP contribution in [0, 0.1) is 0 Å². The zero-order valence-electron chi connectivity index (χ0n) is 18.3. The predicted octanol–water partition coefficient (Wildman–Crippen LogP) is 8.21. The van der Waals surface area contributed by atoms with Gasteiger partial charge in [0.1, 0.15) is 0 Å². The standard InChI is InChI=1S/C23H44OSi/c1-10-13-15-22(12-3)17-18-23(16-14-11-2)24-25(19(4)5,20(6)7)21(8)9/h11-12,17-21,23H,2,10,13-16H2,1,3-9H3/b18-17-,22-12+. The molecule has 0 aromatic rings. The van der Waals surface area contributed by atoms with Gasteiger partial charge in [0.15, 0.2) is 0 Å². The molecule has 0 bridgehead atoms. The van der Waals surface area contributed by atoms with Gasteiger partial charge in [0.25, 0.3) is 0 Å². The predicted molar refractivity (Wildman–Crippen MR) is 118 cm³/mol. The van der Waals surface area contributed by atoms with E-state index in [2.05, 4.69) is 80.2 Å². The summed E-state index contributed by atoms with van der Waals surface area (Å²) in [6, 6.07) is 0. The lowest BCUT2D eigenvalue weighted by Crippen LogP contribution is -2.49. The molecule has 0 aliphatic heterocycles. The highest BCUT2D eigenvalue weighted by Gasteiger charge is 2.46. The highest BCUT2D eigenvalue weighted by atomic mass is 28.4. The molecule has 0 saturated carbocycles. The minimum atomic E-state index is -1.85. The van der Waals surface area contributed by atoms with Crippen LogP contribution in [0.3, 0.4) is 0 Å². The van der Waals surface area contributed by atoms with Crippen LogP contribution >= 0.6 is 0 Å². The van der Waals surface area contributed by atoms with Crippen LogP contribution in [-0.2, 0) is 4.43 Å². The Morgan fingerprint density at radius 1 is 1.04 bits per heavy atom. The lowest BCUT2D eigenvalue weighted by molar-refractivity contribution is 0.208. The van der Waals surface area contributed by atoms with Crippen molar-refractivity contribution in [3.05, 3.63) is 36.5 Å². The maximum Gasteiger partial charge on any atom is 0.201 e. The van der Waals surface area contributed by atoms with Crippen LogP contribution in [0.4, 0.5) is 0 Å². The monoisotopic (exact) mass is 364 g/mol. The highest BCUT2D eigenvalue weighted by Crippen LogP contribution is 2.43. The molecule has 0 N–H and O–H groups in total. The Morgan fingerprint density at radius 2 is 1.60 bits per heavy atom. The fraction of sp³-hybridized carbons (Fsp3) is 0.739. The first kappa shape index (κ1) is 24.4. The first-order valence-corrected chi connectivity index (χ1v) is 12.5. The molecule has 1 unspecified atom stereocenters. The van der Waals surface area contributed by atoms with Crippen LogP contribution in [-0.4, -0.2) is 14.4 Å². The van der Waals surface area contributed by atoms with E-state index in [1.165, 1.54) is 24.8 Å². The maximum atomic E-state index is 7.00. The molecule has 0 heterocycles. The van der Waals surface area contributed by atoms with E-state index < -0.39 is 8.32 Å². The molecule has 0 aliphatic carbocycles. The number of rotatable bonds is 13. The normalized spacial score (nSPS) is 14.9. The van der Waals surface area contributed by atoms with Crippen molar-refractivity contribution in [2.75, 3.05) is 0 Å². The van der Waals surface area contributed by atoms with Gasteiger partial charge in [0, 0.05) is 0 Å². The smallest absolute Gasteiger partial charge is 0.201 e. The second kappa shape index (κ2) is 12.7. The first-order chi connectivity index (χ1) is 11.8. The third kappa shape index (κ3) is 7.66. The van der Waals surface area contributed by atoms with Crippen LogP contribution in [0.5, 0.6) is 0 Å². The largest absolute Gasteiger partial charge is 0.410 e. The second-order valence-corrected chi connectivity index (χ2v) is 13.6. The summed E-state index contributed by atoms with van der Waals surface area (Å²) in [5, 5.41) is 0. The molecule has 0 aromatic carbocycles. The first-order valence-electron chi connectivity index (χ1n) is 10.4. The molecule has 146 valence electrons. The summed E-state index contributed by atoms with van der Waals surface area (Å²) < 4.78 is 7.00. The molecule has 0 saturated heterocycles. The molecule has 0 spiro atoms. The van der Waals surface area contributed by atoms with Crippen molar-refractivity contribution in [1.82, 2.24) is 0 Å². The van der Waals surface area contributed by atoms with E-state index in [0.29, 0.717) is 16.6 Å². The zero-order valence-corrected chi connectivity index (χ0v) is 19.3. The number of hydrogen-bond acceptors (Lipinski definition) is 1. The summed E-state index contributed by atoms with van der Waals surface area (Å²) in [7, 11) is -1.85. The van der Waals surface area contributed by atoms with Crippen molar-refractivity contribution in [3.8, 4) is 0 Å². The fourth-order valence-electron chi connectivity index (χ4n) is 4.08. The summed E-state index contributed by atoms with van der Waals surface area (Å²) in [5.74, 6) is 0. The highest BCUT2D eigenvalue weighted by molar-refractivity contribution is 6.77. The summed E-state index contributed by atoms with van der Waals surface area (Å²) in [6.07, 6.45) is 14.8. The van der Waals surface area contributed by atoms with Crippen molar-refractivity contribution < 1.29 is 4.43 Å². The number of allylic oxidation sites excluding steroid dienone is 4. The molecule has 0 radical (unpaired) electrons. The zero-order chi connectivity index (χ0) is 19.5. The van der Waals surface area contributed by atoms with Crippen LogP contribution in [0.15, 0.2) is 36.5 Å². The molecular weight excluding hydrogens is 320 g/mol. The van der Waals surface area contributed by atoms with Crippen LogP contribution in [0.25, 0.3) is 0 Å². The van der Waals surface area contributed by atoms with Gasteiger partial charge in [0.05, 0.1) is 6.10 Å². The van der Waals surface area contributed by atoms with Gasteiger partial charge in [-0.3, -0.25) is 0 Å². The molecule has 1 atom stereocenters. The molecule has 0 fully saturated rings. The van der Waals surface area contributed by atoms with Gasteiger partial charge in [-0.25, -0.2) is 0 Å². The van der Waals surface area contributed by atoms with E-state index in [-0.39, 0.29) is 6.10 Å². The van der Waals surface area contributed by atoms with Gasteiger partial charge >= 0.3 is 0 Å². The molecule has 0 rings (SSSR count). The van der Waals surface area contributed by atoms with E-state index >= 15 is 0 Å². The number of unbranched alkanes of at least 4 members (excludes halogenated alkanes) is 1. The van der Waals surface area contributed by atoms with Gasteiger partial charge in [-0.05, 0) is 49.2 Å².